The first-order chi connectivity index (χ1) is 13.3. The van der Waals surface area contributed by atoms with Crippen molar-refractivity contribution in [3.63, 3.8) is 0 Å². The number of hydrogen-bond donors (Lipinski definition) is 2. The summed E-state index contributed by atoms with van der Waals surface area (Å²) in [5.41, 5.74) is 2.90. The number of allylic oxidation sites excluding steroid dienone is 1. The van der Waals surface area contributed by atoms with Crippen molar-refractivity contribution in [3.05, 3.63) is 107 Å². The number of nitrogens with zero attached hydrogens (tertiary/aromatic N) is 1. The molecule has 4 rings (SSSR count). The van der Waals surface area contributed by atoms with Crippen LogP contribution in [0, 0.1) is 0 Å². The number of nitrogens with one attached hydrogen (secondary N) is 2. The van der Waals surface area contributed by atoms with Crippen molar-refractivity contribution in [1.29, 1.82) is 0 Å². The van der Waals surface area contributed by atoms with Crippen LogP contribution in [0.25, 0.3) is 16.8 Å². The van der Waals surface area contributed by atoms with Gasteiger partial charge in [0.25, 0.3) is 5.56 Å². The van der Waals surface area contributed by atoms with Gasteiger partial charge < -0.3 is 10.3 Å². The third-order valence-corrected chi connectivity index (χ3v) is 4.37. The Hall–Kier alpha value is -3.66. The Balaban J connectivity index is 1.70. The second-order valence-electron chi connectivity index (χ2n) is 6.24. The highest BCUT2D eigenvalue weighted by molar-refractivity contribution is 5.97. The van der Waals surface area contributed by atoms with E-state index < -0.39 is 0 Å². The zero-order valence-corrected chi connectivity index (χ0v) is 14.7. The van der Waals surface area contributed by atoms with Crippen LogP contribution in [-0.4, -0.2) is 9.97 Å². The van der Waals surface area contributed by atoms with Gasteiger partial charge in [0.1, 0.15) is 5.82 Å². The van der Waals surface area contributed by atoms with Gasteiger partial charge in [-0.3, -0.25) is 4.79 Å². The minimum atomic E-state index is -0.156. The van der Waals surface area contributed by atoms with Crippen LogP contribution in [0.5, 0.6) is 0 Å². The van der Waals surface area contributed by atoms with Gasteiger partial charge >= 0.3 is 0 Å². The molecule has 0 fully saturated rings. The van der Waals surface area contributed by atoms with Crippen molar-refractivity contribution in [3.8, 4) is 0 Å². The Labute approximate surface area is 157 Å². The van der Waals surface area contributed by atoms with E-state index in [9.17, 15) is 4.79 Å². The zero-order valence-electron chi connectivity index (χ0n) is 14.7. The van der Waals surface area contributed by atoms with Gasteiger partial charge in [0, 0.05) is 29.0 Å². The molecular weight excluding hydrogens is 334 g/mol. The Morgan fingerprint density at radius 3 is 2.48 bits per heavy atom. The number of aromatic nitrogens is 2. The van der Waals surface area contributed by atoms with Gasteiger partial charge in [0.2, 0.25) is 0 Å². The molecule has 2 N–H and O–H groups in total. The lowest BCUT2D eigenvalue weighted by atomic mass is 10.1. The van der Waals surface area contributed by atoms with Crippen LogP contribution in [0.3, 0.4) is 0 Å². The number of benzene rings is 2. The highest BCUT2D eigenvalue weighted by Crippen LogP contribution is 2.25. The molecule has 0 radical (unpaired) electrons. The first-order valence-electron chi connectivity index (χ1n) is 8.84. The van der Waals surface area contributed by atoms with E-state index in [1.54, 1.807) is 12.4 Å². The standard InChI is InChI=1S/C23H19N3O/c27-23-21-20(14-15-24-23)18(11-7-10-17-8-3-1-4-9-17)16-25-22(21)26-19-12-5-2-6-13-19/h1-9,11-16H,10H2,(H,24,27)(H,25,26)/b11-7+. The fraction of sp³-hybridized carbons (Fsp3) is 0.0435. The summed E-state index contributed by atoms with van der Waals surface area (Å²) in [6.07, 6.45) is 8.42. The van der Waals surface area contributed by atoms with Crippen molar-refractivity contribution >= 4 is 28.4 Å². The average Bonchev–Trinajstić information content (AvgIpc) is 2.71. The topological polar surface area (TPSA) is 57.8 Å². The Bertz CT molecular complexity index is 1130. The van der Waals surface area contributed by atoms with Crippen LogP contribution < -0.4 is 10.9 Å². The molecule has 0 spiro atoms. The number of para-hydroxylation sites is 1. The molecule has 0 amide bonds. The fourth-order valence-corrected chi connectivity index (χ4v) is 3.04. The third kappa shape index (κ3) is 3.80. The number of fused-ring (bicyclic) bond motifs is 1. The highest BCUT2D eigenvalue weighted by atomic mass is 16.1. The molecule has 2 aromatic heterocycles. The maximum Gasteiger partial charge on any atom is 0.259 e. The summed E-state index contributed by atoms with van der Waals surface area (Å²) >= 11 is 0. The van der Waals surface area contributed by atoms with Crippen LogP contribution in [0.15, 0.2) is 90.0 Å². The van der Waals surface area contributed by atoms with Gasteiger partial charge in [-0.25, -0.2) is 4.98 Å². The van der Waals surface area contributed by atoms with E-state index in [1.807, 2.05) is 60.7 Å². The molecule has 4 heteroatoms. The molecule has 0 saturated carbocycles. The van der Waals surface area contributed by atoms with E-state index in [-0.39, 0.29) is 5.56 Å². The molecule has 0 aliphatic carbocycles. The molecule has 0 unspecified atom stereocenters. The van der Waals surface area contributed by atoms with E-state index >= 15 is 0 Å². The summed E-state index contributed by atoms with van der Waals surface area (Å²) in [6.45, 7) is 0. The van der Waals surface area contributed by atoms with E-state index in [2.05, 4.69) is 33.5 Å². The largest absolute Gasteiger partial charge is 0.340 e. The fourth-order valence-electron chi connectivity index (χ4n) is 3.04. The lowest BCUT2D eigenvalue weighted by molar-refractivity contribution is 1.25. The monoisotopic (exact) mass is 353 g/mol. The van der Waals surface area contributed by atoms with Crippen LogP contribution in [-0.2, 0) is 6.42 Å². The van der Waals surface area contributed by atoms with Gasteiger partial charge in [0.05, 0.1) is 5.39 Å². The summed E-state index contributed by atoms with van der Waals surface area (Å²) in [6, 6.07) is 21.9. The quantitative estimate of drug-likeness (QED) is 0.535. The van der Waals surface area contributed by atoms with Crippen molar-refractivity contribution in [2.75, 3.05) is 5.32 Å². The molecule has 4 aromatic rings. The van der Waals surface area contributed by atoms with Crippen LogP contribution >= 0.6 is 0 Å². The van der Waals surface area contributed by atoms with Crippen molar-refractivity contribution < 1.29 is 0 Å². The van der Waals surface area contributed by atoms with E-state index in [1.165, 1.54) is 5.56 Å². The molecule has 0 saturated heterocycles. The molecular formula is C23H19N3O. The van der Waals surface area contributed by atoms with Crippen molar-refractivity contribution in [2.24, 2.45) is 0 Å². The molecule has 132 valence electrons. The zero-order chi connectivity index (χ0) is 18.5. The number of anilines is 2. The Kier molecular flexibility index (Phi) is 4.79. The Morgan fingerprint density at radius 1 is 0.963 bits per heavy atom. The minimum Gasteiger partial charge on any atom is -0.340 e. The molecule has 2 aromatic carbocycles. The minimum absolute atomic E-state index is 0.156. The van der Waals surface area contributed by atoms with Crippen LogP contribution in [0.4, 0.5) is 11.5 Å². The molecule has 0 bridgehead atoms. The summed E-state index contributed by atoms with van der Waals surface area (Å²) in [5.74, 6) is 0.554. The van der Waals surface area contributed by atoms with Gasteiger partial charge in [-0.1, -0.05) is 60.7 Å². The van der Waals surface area contributed by atoms with Crippen LogP contribution in [0.1, 0.15) is 11.1 Å². The van der Waals surface area contributed by atoms with Gasteiger partial charge in [-0.2, -0.15) is 0 Å². The van der Waals surface area contributed by atoms with Gasteiger partial charge in [0.15, 0.2) is 0 Å². The maximum absolute atomic E-state index is 12.5. The second kappa shape index (κ2) is 7.70. The number of rotatable bonds is 5. The predicted octanol–water partition coefficient (Wildman–Crippen LogP) is 4.92. The average molecular weight is 353 g/mol. The smallest absolute Gasteiger partial charge is 0.259 e. The Morgan fingerprint density at radius 2 is 1.70 bits per heavy atom. The summed E-state index contributed by atoms with van der Waals surface area (Å²) in [7, 11) is 0. The second-order valence-corrected chi connectivity index (χ2v) is 6.24. The molecule has 0 atom stereocenters. The molecule has 4 nitrogen and oxygen atoms in total. The molecule has 2 heterocycles. The molecule has 0 aliphatic heterocycles. The number of aromatic amines is 1. The van der Waals surface area contributed by atoms with Crippen LogP contribution in [0.2, 0.25) is 0 Å². The number of pyridine rings is 2. The van der Waals surface area contributed by atoms with Gasteiger partial charge in [-0.15, -0.1) is 0 Å². The number of H-pyrrole nitrogens is 1. The lowest BCUT2D eigenvalue weighted by Crippen LogP contribution is -2.09. The first-order valence-corrected chi connectivity index (χ1v) is 8.84. The van der Waals surface area contributed by atoms with Crippen molar-refractivity contribution in [1.82, 2.24) is 9.97 Å². The molecule has 0 aliphatic rings. The highest BCUT2D eigenvalue weighted by Gasteiger charge is 2.10. The summed E-state index contributed by atoms with van der Waals surface area (Å²) in [5, 5.41) is 4.67. The lowest BCUT2D eigenvalue weighted by Gasteiger charge is -2.10. The summed E-state index contributed by atoms with van der Waals surface area (Å²) < 4.78 is 0. The molecule has 27 heavy (non-hydrogen) atoms. The normalized spacial score (nSPS) is 11.1. The SMILES string of the molecule is O=c1[nH]ccc2c(/C=C/Cc3ccccc3)cnc(Nc3ccccc3)c12. The van der Waals surface area contributed by atoms with E-state index in [0.717, 1.165) is 23.1 Å². The third-order valence-electron chi connectivity index (χ3n) is 4.37. The first kappa shape index (κ1) is 16.8. The van der Waals surface area contributed by atoms with E-state index in [0.29, 0.717) is 11.2 Å². The maximum atomic E-state index is 12.5. The van der Waals surface area contributed by atoms with Gasteiger partial charge in [-0.05, 0) is 30.2 Å². The number of hydrogen-bond acceptors (Lipinski definition) is 3. The summed E-state index contributed by atoms with van der Waals surface area (Å²) in [4.78, 5) is 19.7. The predicted molar refractivity (Wildman–Crippen MR) is 111 cm³/mol. The van der Waals surface area contributed by atoms with Crippen molar-refractivity contribution in [2.45, 2.75) is 6.42 Å². The van der Waals surface area contributed by atoms with E-state index in [4.69, 9.17) is 0 Å².